The van der Waals surface area contributed by atoms with Gasteiger partial charge in [0.15, 0.2) is 11.5 Å². The van der Waals surface area contributed by atoms with Crippen LogP contribution < -0.4 is 5.32 Å². The maximum Gasteiger partial charge on any atom is 0.273 e. The van der Waals surface area contributed by atoms with Gasteiger partial charge in [-0.2, -0.15) is 0 Å². The van der Waals surface area contributed by atoms with E-state index >= 15 is 0 Å². The van der Waals surface area contributed by atoms with Gasteiger partial charge in [0.2, 0.25) is 5.76 Å². The highest BCUT2D eigenvalue weighted by Gasteiger charge is 2.29. The highest BCUT2D eigenvalue weighted by atomic mass is 16.5. The molecule has 1 amide bonds. The Morgan fingerprint density at radius 1 is 1.44 bits per heavy atom. The Morgan fingerprint density at radius 2 is 2.28 bits per heavy atom. The van der Waals surface area contributed by atoms with Crippen LogP contribution >= 0.6 is 0 Å². The van der Waals surface area contributed by atoms with Gasteiger partial charge in [-0.25, -0.2) is 0 Å². The van der Waals surface area contributed by atoms with Crippen LogP contribution in [0.3, 0.4) is 0 Å². The molecule has 6 nitrogen and oxygen atoms in total. The lowest BCUT2D eigenvalue weighted by atomic mass is 9.89. The molecule has 0 aliphatic heterocycles. The molecule has 0 saturated heterocycles. The van der Waals surface area contributed by atoms with E-state index in [9.17, 15) is 4.79 Å². The average Bonchev–Trinajstić information content (AvgIpc) is 2.97. The molecule has 2 heterocycles. The summed E-state index contributed by atoms with van der Waals surface area (Å²) in [5, 5.41) is 15.6. The van der Waals surface area contributed by atoms with Gasteiger partial charge in [-0.05, 0) is 25.0 Å². The summed E-state index contributed by atoms with van der Waals surface area (Å²) < 4.78 is 10.2. The largest absolute Gasteiger partial charge is 0.461 e. The van der Waals surface area contributed by atoms with Gasteiger partial charge in [0.05, 0.1) is 12.4 Å². The molecule has 0 aromatic carbocycles. The number of carbonyl (C=O) groups excluding carboxylic acids is 1. The van der Waals surface area contributed by atoms with E-state index in [4.69, 9.17) is 14.0 Å². The molecule has 1 aliphatic rings. The molecule has 0 unspecified atom stereocenters. The van der Waals surface area contributed by atoms with Crippen LogP contribution in [0.25, 0.3) is 11.5 Å². The first-order valence-corrected chi connectivity index (χ1v) is 5.72. The zero-order chi connectivity index (χ0) is 12.5. The molecule has 1 aliphatic carbocycles. The first-order valence-electron chi connectivity index (χ1n) is 5.72. The normalized spacial score (nSPS) is 22.5. The van der Waals surface area contributed by atoms with Crippen molar-refractivity contribution in [3.05, 3.63) is 30.2 Å². The van der Waals surface area contributed by atoms with Crippen molar-refractivity contribution >= 4 is 5.91 Å². The van der Waals surface area contributed by atoms with Crippen molar-refractivity contribution in [1.82, 2.24) is 10.5 Å². The van der Waals surface area contributed by atoms with Gasteiger partial charge >= 0.3 is 0 Å². The number of aliphatic hydroxyl groups excluding tert-OH is 1. The fourth-order valence-corrected chi connectivity index (χ4v) is 1.88. The molecule has 1 fully saturated rings. The van der Waals surface area contributed by atoms with E-state index in [1.54, 1.807) is 12.1 Å². The molecule has 2 aromatic heterocycles. The molecule has 0 radical (unpaired) electrons. The van der Waals surface area contributed by atoms with Gasteiger partial charge in [0.25, 0.3) is 5.91 Å². The quantitative estimate of drug-likeness (QED) is 0.851. The molecule has 94 valence electrons. The summed E-state index contributed by atoms with van der Waals surface area (Å²) in [7, 11) is 0. The first-order chi connectivity index (χ1) is 8.72. The summed E-state index contributed by atoms with van der Waals surface area (Å²) in [4.78, 5) is 11.8. The molecule has 18 heavy (non-hydrogen) atoms. The van der Waals surface area contributed by atoms with Crippen molar-refractivity contribution in [2.75, 3.05) is 0 Å². The summed E-state index contributed by atoms with van der Waals surface area (Å²) in [5.41, 5.74) is 0.211. The van der Waals surface area contributed by atoms with Crippen LogP contribution in [0.1, 0.15) is 23.3 Å². The Balaban J connectivity index is 1.67. The predicted octanol–water partition coefficient (Wildman–Crippen LogP) is 1.19. The smallest absolute Gasteiger partial charge is 0.273 e. The van der Waals surface area contributed by atoms with E-state index < -0.39 is 0 Å². The number of furan rings is 1. The second-order valence-corrected chi connectivity index (χ2v) is 4.35. The number of nitrogens with one attached hydrogen (secondary N) is 1. The Kier molecular flexibility index (Phi) is 2.64. The molecule has 0 bridgehead atoms. The zero-order valence-corrected chi connectivity index (χ0v) is 9.50. The minimum Gasteiger partial charge on any atom is -0.461 e. The molecule has 3 rings (SSSR count). The van der Waals surface area contributed by atoms with E-state index in [2.05, 4.69) is 10.5 Å². The van der Waals surface area contributed by atoms with Crippen molar-refractivity contribution in [3.8, 4) is 11.5 Å². The Labute approximate surface area is 103 Å². The molecule has 1 saturated carbocycles. The third-order valence-corrected chi connectivity index (χ3v) is 2.96. The summed E-state index contributed by atoms with van der Waals surface area (Å²) in [5.74, 6) is 0.646. The molecule has 2 aromatic rings. The number of nitrogens with zero attached hydrogens (tertiary/aromatic N) is 1. The van der Waals surface area contributed by atoms with Gasteiger partial charge in [0, 0.05) is 12.1 Å². The minimum absolute atomic E-state index is 0.0243. The standard InChI is InChI=1S/C12H12N2O4/c15-8-4-7(5-8)13-12(16)9-6-11(18-14-9)10-2-1-3-17-10/h1-3,6-8,15H,4-5H2,(H,13,16). The molecule has 0 atom stereocenters. The number of hydrogen-bond acceptors (Lipinski definition) is 5. The van der Waals surface area contributed by atoms with Crippen LogP contribution in [0, 0.1) is 0 Å². The molecule has 0 spiro atoms. The van der Waals surface area contributed by atoms with E-state index in [-0.39, 0.29) is 23.7 Å². The van der Waals surface area contributed by atoms with Crippen LogP contribution in [0.5, 0.6) is 0 Å². The van der Waals surface area contributed by atoms with Gasteiger partial charge in [-0.1, -0.05) is 5.16 Å². The van der Waals surface area contributed by atoms with Gasteiger partial charge < -0.3 is 19.4 Å². The highest BCUT2D eigenvalue weighted by Crippen LogP contribution is 2.22. The lowest BCUT2D eigenvalue weighted by molar-refractivity contribution is 0.0559. The average molecular weight is 248 g/mol. The Bertz CT molecular complexity index is 540. The lowest BCUT2D eigenvalue weighted by Gasteiger charge is -2.31. The number of aromatic nitrogens is 1. The van der Waals surface area contributed by atoms with Crippen molar-refractivity contribution in [2.24, 2.45) is 0 Å². The maximum absolute atomic E-state index is 11.8. The second kappa shape index (κ2) is 4.30. The first kappa shape index (κ1) is 11.0. The van der Waals surface area contributed by atoms with Crippen molar-refractivity contribution in [1.29, 1.82) is 0 Å². The summed E-state index contributed by atoms with van der Waals surface area (Å²) in [6.45, 7) is 0. The third kappa shape index (κ3) is 2.02. The minimum atomic E-state index is -0.300. The van der Waals surface area contributed by atoms with Crippen LogP contribution in [-0.2, 0) is 0 Å². The monoisotopic (exact) mass is 248 g/mol. The lowest BCUT2D eigenvalue weighted by Crippen LogP contribution is -2.46. The number of hydrogen-bond donors (Lipinski definition) is 2. The zero-order valence-electron chi connectivity index (χ0n) is 9.50. The second-order valence-electron chi connectivity index (χ2n) is 4.35. The summed E-state index contributed by atoms with van der Waals surface area (Å²) in [6.07, 6.45) is 2.41. The number of carbonyl (C=O) groups is 1. The van der Waals surface area contributed by atoms with Gasteiger partial charge in [0.1, 0.15) is 0 Å². The van der Waals surface area contributed by atoms with E-state index in [0.29, 0.717) is 24.4 Å². The van der Waals surface area contributed by atoms with Gasteiger partial charge in [-0.3, -0.25) is 4.79 Å². The van der Waals surface area contributed by atoms with Crippen LogP contribution in [0.15, 0.2) is 33.4 Å². The number of rotatable bonds is 3. The predicted molar refractivity (Wildman–Crippen MR) is 60.7 cm³/mol. The molecule has 2 N–H and O–H groups in total. The Hall–Kier alpha value is -2.08. The van der Waals surface area contributed by atoms with Crippen molar-refractivity contribution in [3.63, 3.8) is 0 Å². The number of amides is 1. The summed E-state index contributed by atoms with van der Waals surface area (Å²) >= 11 is 0. The van der Waals surface area contributed by atoms with Crippen LogP contribution in [0.2, 0.25) is 0 Å². The third-order valence-electron chi connectivity index (χ3n) is 2.96. The fraction of sp³-hybridized carbons (Fsp3) is 0.333. The van der Waals surface area contributed by atoms with E-state index in [1.807, 2.05) is 0 Å². The summed E-state index contributed by atoms with van der Waals surface area (Å²) in [6, 6.07) is 5.01. The fourth-order valence-electron chi connectivity index (χ4n) is 1.88. The molecular formula is C12H12N2O4. The van der Waals surface area contributed by atoms with Gasteiger partial charge in [-0.15, -0.1) is 0 Å². The van der Waals surface area contributed by atoms with Crippen molar-refractivity contribution < 1.29 is 18.8 Å². The van der Waals surface area contributed by atoms with Crippen LogP contribution in [-0.4, -0.2) is 28.3 Å². The topological polar surface area (TPSA) is 88.5 Å². The SMILES string of the molecule is O=C(NC1CC(O)C1)c1cc(-c2ccco2)on1. The Morgan fingerprint density at radius 3 is 2.94 bits per heavy atom. The molecule has 6 heteroatoms. The maximum atomic E-state index is 11.8. The molecular weight excluding hydrogens is 236 g/mol. The highest BCUT2D eigenvalue weighted by molar-refractivity contribution is 5.93. The van der Waals surface area contributed by atoms with Crippen LogP contribution in [0.4, 0.5) is 0 Å². The van der Waals surface area contributed by atoms with E-state index in [0.717, 1.165) is 0 Å². The van der Waals surface area contributed by atoms with Crippen molar-refractivity contribution in [2.45, 2.75) is 25.0 Å². The van der Waals surface area contributed by atoms with E-state index in [1.165, 1.54) is 12.3 Å². The number of aliphatic hydroxyl groups is 1.